The zero-order valence-electron chi connectivity index (χ0n) is 16.0. The average Bonchev–Trinajstić information content (AvgIpc) is 2.64. The third-order valence-electron chi connectivity index (χ3n) is 5.13. The van der Waals surface area contributed by atoms with Crippen LogP contribution in [0.3, 0.4) is 0 Å². The highest BCUT2D eigenvalue weighted by atomic mass is 16.3. The number of urea groups is 1. The summed E-state index contributed by atoms with van der Waals surface area (Å²) in [4.78, 5) is 27.2. The summed E-state index contributed by atoms with van der Waals surface area (Å²) < 4.78 is 0. The molecule has 1 aliphatic heterocycles. The Kier molecular flexibility index (Phi) is 4.93. The van der Waals surface area contributed by atoms with Crippen LogP contribution in [0.5, 0.6) is 0 Å². The van der Waals surface area contributed by atoms with Gasteiger partial charge in [0.1, 0.15) is 0 Å². The molecule has 0 radical (unpaired) electrons. The monoisotopic (exact) mass is 367 g/mol. The number of carbonyl (C=O) groups is 2. The fourth-order valence-corrected chi connectivity index (χ4v) is 3.15. The maximum absolute atomic E-state index is 13.2. The predicted octanol–water partition coefficient (Wildman–Crippen LogP) is 3.42. The second-order valence-electron chi connectivity index (χ2n) is 7.03. The molecule has 0 bridgehead atoms. The smallest absolute Gasteiger partial charge is 0.329 e. The Balaban J connectivity index is 2.18. The summed E-state index contributed by atoms with van der Waals surface area (Å²) in [7, 11) is 0. The van der Waals surface area contributed by atoms with E-state index >= 15 is 0 Å². The van der Waals surface area contributed by atoms with Crippen molar-refractivity contribution in [1.82, 2.24) is 5.32 Å². The van der Waals surface area contributed by atoms with Crippen LogP contribution in [0, 0.1) is 13.8 Å². The third-order valence-corrected chi connectivity index (χ3v) is 5.13. The molecule has 1 aliphatic rings. The molecular weight excluding hydrogens is 342 g/mol. The van der Waals surface area contributed by atoms with Gasteiger partial charge in [0.2, 0.25) is 0 Å². The van der Waals surface area contributed by atoms with Gasteiger partial charge in [0.25, 0.3) is 11.6 Å². The molecule has 0 saturated heterocycles. The number of nitrogens with zero attached hydrogens (tertiary/aromatic N) is 1. The highest BCUT2D eigenvalue weighted by molar-refractivity contribution is 6.11. The lowest BCUT2D eigenvalue weighted by Crippen LogP contribution is -2.63. The number of anilines is 2. The predicted molar refractivity (Wildman–Crippen MR) is 106 cm³/mol. The van der Waals surface area contributed by atoms with Gasteiger partial charge in [-0.25, -0.2) is 4.79 Å². The van der Waals surface area contributed by atoms with E-state index < -0.39 is 17.7 Å². The summed E-state index contributed by atoms with van der Waals surface area (Å²) in [6.45, 7) is 7.69. The first-order valence-corrected chi connectivity index (χ1v) is 9.10. The Morgan fingerprint density at radius 2 is 1.93 bits per heavy atom. The van der Waals surface area contributed by atoms with E-state index in [9.17, 15) is 14.7 Å². The Labute approximate surface area is 159 Å². The van der Waals surface area contributed by atoms with E-state index in [1.54, 1.807) is 36.4 Å². The molecule has 0 fully saturated rings. The van der Waals surface area contributed by atoms with Crippen molar-refractivity contribution in [1.29, 1.82) is 0 Å². The van der Waals surface area contributed by atoms with Crippen molar-refractivity contribution in [3.05, 3.63) is 59.2 Å². The van der Waals surface area contributed by atoms with Crippen LogP contribution in [-0.2, 0) is 10.5 Å². The van der Waals surface area contributed by atoms with E-state index in [0.29, 0.717) is 23.4 Å². The van der Waals surface area contributed by atoms with Crippen molar-refractivity contribution in [3.8, 4) is 0 Å². The minimum Gasteiger partial charge on any atom is -0.359 e. The van der Waals surface area contributed by atoms with Crippen LogP contribution in [0.15, 0.2) is 42.5 Å². The van der Waals surface area contributed by atoms with Crippen molar-refractivity contribution in [2.75, 3.05) is 10.2 Å². The molecule has 142 valence electrons. The molecule has 1 heterocycles. The molecule has 0 spiro atoms. The molecule has 2 aromatic carbocycles. The second kappa shape index (κ2) is 7.04. The number of carbonyl (C=O) groups excluding carboxylic acids is 2. The molecule has 0 saturated carbocycles. The first kappa shape index (κ1) is 18.9. The summed E-state index contributed by atoms with van der Waals surface area (Å²) in [5.74, 6) is -0.627. The van der Waals surface area contributed by atoms with Crippen molar-refractivity contribution >= 4 is 23.3 Å². The van der Waals surface area contributed by atoms with Gasteiger partial charge in [-0.1, -0.05) is 31.2 Å². The number of aliphatic hydroxyl groups is 1. The van der Waals surface area contributed by atoms with Crippen LogP contribution >= 0.6 is 0 Å². The molecule has 0 aromatic heterocycles. The topological polar surface area (TPSA) is 81.7 Å². The van der Waals surface area contributed by atoms with Crippen molar-refractivity contribution in [2.24, 2.45) is 0 Å². The van der Waals surface area contributed by atoms with Crippen molar-refractivity contribution in [2.45, 2.75) is 45.9 Å². The van der Waals surface area contributed by atoms with E-state index in [2.05, 4.69) is 10.6 Å². The Morgan fingerprint density at radius 3 is 2.59 bits per heavy atom. The Morgan fingerprint density at radius 1 is 1.22 bits per heavy atom. The number of hydrogen-bond donors (Lipinski definition) is 3. The molecule has 3 N–H and O–H groups in total. The highest BCUT2D eigenvalue weighted by Gasteiger charge is 2.52. The molecule has 6 nitrogen and oxygen atoms in total. The third kappa shape index (κ3) is 3.17. The number of fused-ring (bicyclic) bond motifs is 1. The summed E-state index contributed by atoms with van der Waals surface area (Å²) in [6, 6.07) is 11.5. The number of amides is 3. The first-order chi connectivity index (χ1) is 12.8. The fourth-order valence-electron chi connectivity index (χ4n) is 3.15. The summed E-state index contributed by atoms with van der Waals surface area (Å²) in [6.07, 6.45) is 0.708. The lowest BCUT2D eigenvalue weighted by molar-refractivity contribution is -0.140. The Bertz CT molecular complexity index is 896. The molecule has 2 atom stereocenters. The van der Waals surface area contributed by atoms with Gasteiger partial charge in [-0.15, -0.1) is 0 Å². The van der Waals surface area contributed by atoms with Crippen LogP contribution in [0.1, 0.15) is 37.0 Å². The second-order valence-corrected chi connectivity index (χ2v) is 7.03. The number of benzene rings is 2. The van der Waals surface area contributed by atoms with E-state index in [-0.39, 0.29) is 6.04 Å². The number of rotatable bonds is 4. The first-order valence-electron chi connectivity index (χ1n) is 9.10. The molecule has 2 aromatic rings. The molecule has 3 amide bonds. The summed E-state index contributed by atoms with van der Waals surface area (Å²) in [5, 5.41) is 17.2. The van der Waals surface area contributed by atoms with Gasteiger partial charge in [0.05, 0.1) is 5.69 Å². The number of nitrogens with one attached hydrogen (secondary N) is 2. The van der Waals surface area contributed by atoms with Gasteiger partial charge in [0, 0.05) is 17.3 Å². The van der Waals surface area contributed by atoms with Gasteiger partial charge in [0.15, 0.2) is 0 Å². The quantitative estimate of drug-likeness (QED) is 0.774. The fraction of sp³-hybridized carbons (Fsp3) is 0.333. The van der Waals surface area contributed by atoms with Crippen LogP contribution in [-0.4, -0.2) is 23.1 Å². The molecule has 0 unspecified atom stereocenters. The van der Waals surface area contributed by atoms with E-state index in [1.807, 2.05) is 33.8 Å². The molecule has 6 heteroatoms. The molecule has 0 aliphatic carbocycles. The highest BCUT2D eigenvalue weighted by Crippen LogP contribution is 2.40. The largest absolute Gasteiger partial charge is 0.359 e. The lowest BCUT2D eigenvalue weighted by Gasteiger charge is -2.43. The Hall–Kier alpha value is -2.86. The van der Waals surface area contributed by atoms with Crippen molar-refractivity contribution < 1.29 is 14.7 Å². The standard InChI is InChI=1S/C21H25N3O3/c1-5-15(4)22-19(25)21(27)17-8-6-7-9-18(17)23-20(26)24(21)16-11-10-13(2)14(3)12-16/h6-12,15,27H,5H2,1-4H3,(H,22,25)(H,23,26)/t15-,21-/m1/s1. The van der Waals surface area contributed by atoms with Gasteiger partial charge >= 0.3 is 6.03 Å². The van der Waals surface area contributed by atoms with Gasteiger partial charge in [-0.2, -0.15) is 0 Å². The average molecular weight is 367 g/mol. The van der Waals surface area contributed by atoms with Crippen LogP contribution in [0.4, 0.5) is 16.2 Å². The van der Waals surface area contributed by atoms with Gasteiger partial charge in [-0.3, -0.25) is 9.69 Å². The molecule has 3 rings (SSSR count). The lowest BCUT2D eigenvalue weighted by atomic mass is 9.94. The SMILES string of the molecule is CC[C@@H](C)NC(=O)[C@]1(O)c2ccccc2NC(=O)N1c1ccc(C)c(C)c1. The van der Waals surface area contributed by atoms with Gasteiger partial charge in [-0.05, 0) is 56.5 Å². The normalized spacial score (nSPS) is 19.9. The number of hydrogen-bond acceptors (Lipinski definition) is 3. The van der Waals surface area contributed by atoms with Crippen LogP contribution in [0.25, 0.3) is 0 Å². The maximum atomic E-state index is 13.2. The minimum atomic E-state index is -2.15. The molecular formula is C21H25N3O3. The molecule has 27 heavy (non-hydrogen) atoms. The summed E-state index contributed by atoms with van der Waals surface area (Å²) in [5.41, 5.74) is 1.08. The zero-order chi connectivity index (χ0) is 19.8. The summed E-state index contributed by atoms with van der Waals surface area (Å²) >= 11 is 0. The van der Waals surface area contributed by atoms with Crippen LogP contribution in [0.2, 0.25) is 0 Å². The zero-order valence-corrected chi connectivity index (χ0v) is 16.0. The maximum Gasteiger partial charge on any atom is 0.329 e. The number of para-hydroxylation sites is 1. The van der Waals surface area contributed by atoms with Gasteiger partial charge < -0.3 is 15.7 Å². The van der Waals surface area contributed by atoms with E-state index in [1.165, 1.54) is 0 Å². The van der Waals surface area contributed by atoms with Crippen LogP contribution < -0.4 is 15.5 Å². The number of aryl methyl sites for hydroxylation is 2. The van der Waals surface area contributed by atoms with E-state index in [4.69, 9.17) is 0 Å². The minimum absolute atomic E-state index is 0.139. The van der Waals surface area contributed by atoms with E-state index in [0.717, 1.165) is 16.0 Å². The van der Waals surface area contributed by atoms with Crippen molar-refractivity contribution in [3.63, 3.8) is 0 Å².